The molecule has 1 amide bonds. The molecule has 3 nitrogen and oxygen atoms in total. The standard InChI is InChI=1S/C20H20FNO2S/c1-13(14-7-4-3-5-8-14)11-22-20(23)19-15(12-24-2)18-16(21)9-6-10-17(18)25-19/h3-10,13H,11-12H2,1-2H3,(H,22,23)/t13-/m1/s1. The fourth-order valence-corrected chi connectivity index (χ4v) is 4.00. The van der Waals surface area contributed by atoms with Crippen LogP contribution in [-0.2, 0) is 11.3 Å². The van der Waals surface area contributed by atoms with E-state index < -0.39 is 0 Å². The molecule has 1 N–H and O–H groups in total. The van der Waals surface area contributed by atoms with Gasteiger partial charge in [0, 0.05) is 29.3 Å². The van der Waals surface area contributed by atoms with Gasteiger partial charge >= 0.3 is 0 Å². The Kier molecular flexibility index (Phi) is 5.46. The summed E-state index contributed by atoms with van der Waals surface area (Å²) < 4.78 is 20.2. The van der Waals surface area contributed by atoms with E-state index in [1.54, 1.807) is 13.2 Å². The number of hydrogen-bond acceptors (Lipinski definition) is 3. The molecular weight excluding hydrogens is 337 g/mol. The zero-order valence-corrected chi connectivity index (χ0v) is 15.0. The number of fused-ring (bicyclic) bond motifs is 1. The first-order valence-corrected chi connectivity index (χ1v) is 8.95. The van der Waals surface area contributed by atoms with E-state index in [1.165, 1.54) is 23.0 Å². The van der Waals surface area contributed by atoms with Crippen molar-refractivity contribution in [1.82, 2.24) is 5.32 Å². The molecule has 25 heavy (non-hydrogen) atoms. The van der Waals surface area contributed by atoms with Gasteiger partial charge in [-0.05, 0) is 23.6 Å². The highest BCUT2D eigenvalue weighted by Gasteiger charge is 2.21. The Balaban J connectivity index is 1.82. The number of carbonyl (C=O) groups is 1. The van der Waals surface area contributed by atoms with Crippen LogP contribution in [0.5, 0.6) is 0 Å². The molecule has 0 aliphatic heterocycles. The number of thiophene rings is 1. The van der Waals surface area contributed by atoms with E-state index in [-0.39, 0.29) is 24.2 Å². The van der Waals surface area contributed by atoms with Gasteiger partial charge in [-0.25, -0.2) is 4.39 Å². The summed E-state index contributed by atoms with van der Waals surface area (Å²) in [7, 11) is 1.55. The van der Waals surface area contributed by atoms with Gasteiger partial charge in [0.2, 0.25) is 0 Å². The Labute approximate surface area is 150 Å². The van der Waals surface area contributed by atoms with Crippen LogP contribution >= 0.6 is 11.3 Å². The summed E-state index contributed by atoms with van der Waals surface area (Å²) >= 11 is 1.30. The quantitative estimate of drug-likeness (QED) is 0.693. The molecule has 1 atom stereocenters. The first kappa shape index (κ1) is 17.6. The zero-order valence-electron chi connectivity index (χ0n) is 14.2. The highest BCUT2D eigenvalue weighted by atomic mass is 32.1. The minimum Gasteiger partial charge on any atom is -0.380 e. The van der Waals surface area contributed by atoms with Crippen LogP contribution in [0.3, 0.4) is 0 Å². The molecule has 0 unspecified atom stereocenters. The van der Waals surface area contributed by atoms with E-state index in [9.17, 15) is 9.18 Å². The molecule has 3 aromatic rings. The summed E-state index contributed by atoms with van der Waals surface area (Å²) in [4.78, 5) is 13.2. The second kappa shape index (κ2) is 7.76. The van der Waals surface area contributed by atoms with Crippen molar-refractivity contribution in [3.05, 3.63) is 70.4 Å². The van der Waals surface area contributed by atoms with Crippen LogP contribution in [0.4, 0.5) is 4.39 Å². The number of halogens is 1. The second-order valence-electron chi connectivity index (χ2n) is 5.98. The van der Waals surface area contributed by atoms with Crippen LogP contribution in [0.15, 0.2) is 48.5 Å². The van der Waals surface area contributed by atoms with E-state index in [2.05, 4.69) is 12.2 Å². The molecule has 0 spiro atoms. The van der Waals surface area contributed by atoms with E-state index >= 15 is 0 Å². The highest BCUT2D eigenvalue weighted by molar-refractivity contribution is 7.21. The molecular formula is C20H20FNO2S. The Hall–Kier alpha value is -2.24. The molecule has 0 aliphatic rings. The third kappa shape index (κ3) is 3.72. The number of benzene rings is 2. The Morgan fingerprint density at radius 3 is 2.68 bits per heavy atom. The van der Waals surface area contributed by atoms with Crippen LogP contribution < -0.4 is 5.32 Å². The maximum absolute atomic E-state index is 14.2. The summed E-state index contributed by atoms with van der Waals surface area (Å²) in [6.07, 6.45) is 0. The monoisotopic (exact) mass is 357 g/mol. The van der Waals surface area contributed by atoms with Crippen molar-refractivity contribution in [2.75, 3.05) is 13.7 Å². The summed E-state index contributed by atoms with van der Waals surface area (Å²) in [6.45, 7) is 2.79. The van der Waals surface area contributed by atoms with Gasteiger partial charge < -0.3 is 10.1 Å². The Morgan fingerprint density at radius 1 is 1.20 bits per heavy atom. The number of methoxy groups -OCH3 is 1. The Bertz CT molecular complexity index is 876. The van der Waals surface area contributed by atoms with Crippen molar-refractivity contribution in [2.45, 2.75) is 19.4 Å². The lowest BCUT2D eigenvalue weighted by Crippen LogP contribution is -2.27. The molecule has 1 aromatic heterocycles. The van der Waals surface area contributed by atoms with Crippen molar-refractivity contribution >= 4 is 27.3 Å². The van der Waals surface area contributed by atoms with Crippen LogP contribution in [-0.4, -0.2) is 19.6 Å². The molecule has 0 radical (unpaired) electrons. The van der Waals surface area contributed by atoms with Crippen molar-refractivity contribution in [3.63, 3.8) is 0 Å². The molecule has 0 fully saturated rings. The van der Waals surface area contributed by atoms with Crippen LogP contribution in [0.1, 0.15) is 33.6 Å². The topological polar surface area (TPSA) is 38.3 Å². The largest absolute Gasteiger partial charge is 0.380 e. The predicted octanol–water partition coefficient (Wildman–Crippen LogP) is 4.72. The SMILES string of the molecule is COCc1c(C(=O)NC[C@@H](C)c2ccccc2)sc2cccc(F)c12. The molecule has 3 rings (SSSR count). The number of hydrogen-bond donors (Lipinski definition) is 1. The first-order valence-electron chi connectivity index (χ1n) is 8.13. The number of nitrogens with one attached hydrogen (secondary N) is 1. The van der Waals surface area contributed by atoms with Gasteiger partial charge in [0.05, 0.1) is 11.5 Å². The van der Waals surface area contributed by atoms with Crippen LogP contribution in [0.2, 0.25) is 0 Å². The van der Waals surface area contributed by atoms with Crippen molar-refractivity contribution in [1.29, 1.82) is 0 Å². The smallest absolute Gasteiger partial charge is 0.261 e. The third-order valence-corrected chi connectivity index (χ3v) is 5.39. The molecule has 0 saturated heterocycles. The third-order valence-electron chi connectivity index (χ3n) is 4.20. The predicted molar refractivity (Wildman–Crippen MR) is 99.7 cm³/mol. The van der Waals surface area contributed by atoms with Crippen molar-refractivity contribution < 1.29 is 13.9 Å². The van der Waals surface area contributed by atoms with E-state index in [1.807, 2.05) is 36.4 Å². The fraction of sp³-hybridized carbons (Fsp3) is 0.250. The normalized spacial score (nSPS) is 12.3. The van der Waals surface area contributed by atoms with Crippen LogP contribution in [0, 0.1) is 5.82 Å². The second-order valence-corrected chi connectivity index (χ2v) is 7.03. The lowest BCUT2D eigenvalue weighted by molar-refractivity contribution is 0.0951. The molecule has 0 bridgehead atoms. The first-order chi connectivity index (χ1) is 12.1. The zero-order chi connectivity index (χ0) is 17.8. The molecule has 130 valence electrons. The number of rotatable bonds is 6. The Morgan fingerprint density at radius 2 is 1.96 bits per heavy atom. The summed E-state index contributed by atoms with van der Waals surface area (Å²) in [5, 5.41) is 3.45. The van der Waals surface area contributed by atoms with Crippen molar-refractivity contribution in [2.24, 2.45) is 0 Å². The van der Waals surface area contributed by atoms with E-state index in [4.69, 9.17) is 4.74 Å². The number of carbonyl (C=O) groups excluding carboxylic acids is 1. The van der Waals surface area contributed by atoms with E-state index in [0.29, 0.717) is 22.4 Å². The minimum absolute atomic E-state index is 0.185. The average Bonchev–Trinajstić information content (AvgIpc) is 3.00. The van der Waals surface area contributed by atoms with Crippen LogP contribution in [0.25, 0.3) is 10.1 Å². The van der Waals surface area contributed by atoms with E-state index in [0.717, 1.165) is 4.70 Å². The summed E-state index contributed by atoms with van der Waals surface area (Å²) in [6, 6.07) is 14.9. The lowest BCUT2D eigenvalue weighted by Gasteiger charge is -2.13. The minimum atomic E-state index is -0.322. The molecule has 0 saturated carbocycles. The number of ether oxygens (including phenoxy) is 1. The van der Waals surface area contributed by atoms with Gasteiger partial charge in [-0.15, -0.1) is 11.3 Å². The van der Waals surface area contributed by atoms with Gasteiger partial charge in [-0.1, -0.05) is 43.3 Å². The number of amides is 1. The molecule has 5 heteroatoms. The fourth-order valence-electron chi connectivity index (χ4n) is 2.86. The maximum Gasteiger partial charge on any atom is 0.261 e. The summed E-state index contributed by atoms with van der Waals surface area (Å²) in [5.74, 6) is -0.310. The molecule has 1 heterocycles. The molecule has 2 aromatic carbocycles. The van der Waals surface area contributed by atoms with Gasteiger partial charge in [0.1, 0.15) is 5.82 Å². The highest BCUT2D eigenvalue weighted by Crippen LogP contribution is 2.33. The van der Waals surface area contributed by atoms with Gasteiger partial charge in [0.25, 0.3) is 5.91 Å². The molecule has 0 aliphatic carbocycles. The van der Waals surface area contributed by atoms with Gasteiger partial charge in [-0.2, -0.15) is 0 Å². The lowest BCUT2D eigenvalue weighted by atomic mass is 10.0. The van der Waals surface area contributed by atoms with Crippen molar-refractivity contribution in [3.8, 4) is 0 Å². The summed E-state index contributed by atoms with van der Waals surface area (Å²) in [5.41, 5.74) is 1.78. The average molecular weight is 357 g/mol. The maximum atomic E-state index is 14.2. The van der Waals surface area contributed by atoms with Gasteiger partial charge in [0.15, 0.2) is 0 Å². The van der Waals surface area contributed by atoms with Gasteiger partial charge in [-0.3, -0.25) is 4.79 Å².